The van der Waals surface area contributed by atoms with Gasteiger partial charge in [-0.25, -0.2) is 0 Å². The predicted octanol–water partition coefficient (Wildman–Crippen LogP) is 1.19. The zero-order valence-corrected chi connectivity index (χ0v) is 9.06. The highest BCUT2D eigenvalue weighted by Crippen LogP contribution is 2.21. The van der Waals surface area contributed by atoms with Crippen molar-refractivity contribution in [1.82, 2.24) is 0 Å². The lowest BCUT2D eigenvalue weighted by Gasteiger charge is -2.08. The van der Waals surface area contributed by atoms with E-state index in [1.54, 1.807) is 19.9 Å². The van der Waals surface area contributed by atoms with Crippen LogP contribution in [0.15, 0.2) is 18.2 Å². The molecule has 1 aromatic carbocycles. The molecule has 1 rings (SSSR count). The molecule has 0 fully saturated rings. The van der Waals surface area contributed by atoms with Crippen LogP contribution in [0.2, 0.25) is 0 Å². The number of hydrogen-bond donors (Lipinski definition) is 2. The van der Waals surface area contributed by atoms with E-state index in [-0.39, 0.29) is 11.6 Å². The largest absolute Gasteiger partial charge is 0.325 e. The molecule has 0 aliphatic rings. The van der Waals surface area contributed by atoms with E-state index in [0.717, 1.165) is 0 Å². The minimum Gasteiger partial charge on any atom is -0.325 e. The molecular weight excluding hydrogens is 210 g/mol. The maximum Gasteiger partial charge on any atom is 0.272 e. The van der Waals surface area contributed by atoms with E-state index in [2.05, 4.69) is 5.32 Å². The van der Waals surface area contributed by atoms with Gasteiger partial charge < -0.3 is 11.1 Å². The van der Waals surface area contributed by atoms with Crippen LogP contribution < -0.4 is 11.1 Å². The van der Waals surface area contributed by atoms with Gasteiger partial charge in [-0.05, 0) is 26.0 Å². The van der Waals surface area contributed by atoms with Crippen molar-refractivity contribution >= 4 is 17.3 Å². The third kappa shape index (κ3) is 2.77. The van der Waals surface area contributed by atoms with Gasteiger partial charge in [-0.3, -0.25) is 14.9 Å². The number of nitro groups is 1. The summed E-state index contributed by atoms with van der Waals surface area (Å²) in [7, 11) is 0. The zero-order chi connectivity index (χ0) is 12.3. The van der Waals surface area contributed by atoms with Crippen molar-refractivity contribution in [3.63, 3.8) is 0 Å². The third-order valence-electron chi connectivity index (χ3n) is 2.07. The van der Waals surface area contributed by atoms with Gasteiger partial charge in [-0.2, -0.15) is 0 Å². The quantitative estimate of drug-likeness (QED) is 0.593. The summed E-state index contributed by atoms with van der Waals surface area (Å²) < 4.78 is 0. The fraction of sp³-hybridized carbons (Fsp3) is 0.300. The lowest BCUT2D eigenvalue weighted by atomic mass is 10.2. The molecule has 0 saturated carbocycles. The first-order valence-electron chi connectivity index (χ1n) is 4.73. The topological polar surface area (TPSA) is 98.3 Å². The van der Waals surface area contributed by atoms with Crippen LogP contribution in [0.1, 0.15) is 12.5 Å². The number of amides is 1. The molecule has 0 unspecified atom stereocenters. The average Bonchev–Trinajstić information content (AvgIpc) is 2.16. The summed E-state index contributed by atoms with van der Waals surface area (Å²) in [6.07, 6.45) is 0. The van der Waals surface area contributed by atoms with Crippen LogP contribution >= 0.6 is 0 Å². The van der Waals surface area contributed by atoms with Crippen LogP contribution in [0, 0.1) is 17.0 Å². The van der Waals surface area contributed by atoms with Crippen molar-refractivity contribution in [2.45, 2.75) is 19.9 Å². The molecule has 1 amide bonds. The Bertz CT molecular complexity index is 429. The molecule has 0 aliphatic heterocycles. The van der Waals surface area contributed by atoms with E-state index in [0.29, 0.717) is 11.3 Å². The Morgan fingerprint density at radius 1 is 1.56 bits per heavy atom. The van der Waals surface area contributed by atoms with Gasteiger partial charge in [0.15, 0.2) is 0 Å². The number of aryl methyl sites for hydroxylation is 1. The third-order valence-corrected chi connectivity index (χ3v) is 2.07. The van der Waals surface area contributed by atoms with E-state index >= 15 is 0 Å². The second kappa shape index (κ2) is 4.71. The number of rotatable bonds is 3. The molecule has 0 heterocycles. The van der Waals surface area contributed by atoms with Crippen molar-refractivity contribution in [3.05, 3.63) is 33.9 Å². The maximum atomic E-state index is 11.3. The fourth-order valence-corrected chi connectivity index (χ4v) is 1.19. The summed E-state index contributed by atoms with van der Waals surface area (Å²) in [4.78, 5) is 21.4. The molecule has 0 aromatic heterocycles. The Labute approximate surface area is 92.6 Å². The van der Waals surface area contributed by atoms with E-state index in [1.165, 1.54) is 12.1 Å². The highest BCUT2D eigenvalue weighted by atomic mass is 16.6. The lowest BCUT2D eigenvalue weighted by Crippen LogP contribution is -2.32. The summed E-state index contributed by atoms with van der Waals surface area (Å²) in [5.41, 5.74) is 6.40. The highest BCUT2D eigenvalue weighted by Gasteiger charge is 2.12. The van der Waals surface area contributed by atoms with Crippen LogP contribution in [0.3, 0.4) is 0 Å². The highest BCUT2D eigenvalue weighted by molar-refractivity contribution is 5.94. The van der Waals surface area contributed by atoms with Crippen LogP contribution in [0.25, 0.3) is 0 Å². The first-order chi connectivity index (χ1) is 7.41. The minimum atomic E-state index is -0.615. The Kier molecular flexibility index (Phi) is 3.57. The number of nitrogens with one attached hydrogen (secondary N) is 1. The molecule has 0 spiro atoms. The van der Waals surface area contributed by atoms with E-state index in [4.69, 9.17) is 5.73 Å². The molecule has 1 aromatic rings. The van der Waals surface area contributed by atoms with Gasteiger partial charge in [-0.15, -0.1) is 0 Å². The van der Waals surface area contributed by atoms with Crippen molar-refractivity contribution in [3.8, 4) is 0 Å². The van der Waals surface area contributed by atoms with Crippen LogP contribution in [0.5, 0.6) is 0 Å². The minimum absolute atomic E-state index is 0.0267. The second-order valence-corrected chi connectivity index (χ2v) is 3.54. The van der Waals surface area contributed by atoms with Gasteiger partial charge in [-0.1, -0.05) is 0 Å². The average molecular weight is 223 g/mol. The predicted molar refractivity (Wildman–Crippen MR) is 60.1 cm³/mol. The monoisotopic (exact) mass is 223 g/mol. The van der Waals surface area contributed by atoms with Crippen molar-refractivity contribution in [2.75, 3.05) is 5.32 Å². The van der Waals surface area contributed by atoms with Gasteiger partial charge in [0, 0.05) is 17.3 Å². The summed E-state index contributed by atoms with van der Waals surface area (Å²) in [6, 6.07) is 3.76. The maximum absolute atomic E-state index is 11.3. The first-order valence-corrected chi connectivity index (χ1v) is 4.73. The summed E-state index contributed by atoms with van der Waals surface area (Å²) in [6.45, 7) is 3.17. The Morgan fingerprint density at radius 2 is 2.19 bits per heavy atom. The number of hydrogen-bond acceptors (Lipinski definition) is 4. The lowest BCUT2D eigenvalue weighted by molar-refractivity contribution is -0.385. The number of benzene rings is 1. The smallest absolute Gasteiger partial charge is 0.272 e. The van der Waals surface area contributed by atoms with Crippen molar-refractivity contribution < 1.29 is 9.72 Å². The molecule has 0 radical (unpaired) electrons. The van der Waals surface area contributed by atoms with Crippen molar-refractivity contribution in [2.24, 2.45) is 5.73 Å². The fourth-order valence-electron chi connectivity index (χ4n) is 1.19. The van der Waals surface area contributed by atoms with Gasteiger partial charge in [0.2, 0.25) is 5.91 Å². The molecular formula is C10H13N3O3. The summed E-state index contributed by atoms with van der Waals surface area (Å²) in [5, 5.41) is 13.1. The standard InChI is InChI=1S/C10H13N3O3/c1-6-5-8(12-10(14)7(2)11)3-4-9(6)13(15)16/h3-5,7H,11H2,1-2H3,(H,12,14)/t7-/m1/s1. The molecule has 0 bridgehead atoms. The second-order valence-electron chi connectivity index (χ2n) is 3.54. The number of anilines is 1. The molecule has 6 heteroatoms. The molecule has 3 N–H and O–H groups in total. The normalized spacial score (nSPS) is 11.9. The van der Waals surface area contributed by atoms with E-state index in [9.17, 15) is 14.9 Å². The molecule has 0 aliphatic carbocycles. The van der Waals surface area contributed by atoms with Gasteiger partial charge >= 0.3 is 0 Å². The summed E-state index contributed by atoms with van der Waals surface area (Å²) >= 11 is 0. The number of carbonyl (C=O) groups is 1. The van der Waals surface area contributed by atoms with Gasteiger partial charge in [0.25, 0.3) is 5.69 Å². The van der Waals surface area contributed by atoms with Crippen molar-refractivity contribution in [1.29, 1.82) is 0 Å². The van der Waals surface area contributed by atoms with Crippen LogP contribution in [-0.2, 0) is 4.79 Å². The molecule has 86 valence electrons. The van der Waals surface area contributed by atoms with Crippen LogP contribution in [-0.4, -0.2) is 16.9 Å². The number of nitrogens with two attached hydrogens (primary N) is 1. The van der Waals surface area contributed by atoms with E-state index in [1.807, 2.05) is 0 Å². The Morgan fingerprint density at radius 3 is 2.62 bits per heavy atom. The van der Waals surface area contributed by atoms with Gasteiger partial charge in [0.05, 0.1) is 11.0 Å². The molecule has 1 atom stereocenters. The van der Waals surface area contributed by atoms with E-state index < -0.39 is 11.0 Å². The Hall–Kier alpha value is -1.95. The molecule has 0 saturated heterocycles. The molecule has 16 heavy (non-hydrogen) atoms. The summed E-state index contributed by atoms with van der Waals surface area (Å²) in [5.74, 6) is -0.326. The SMILES string of the molecule is Cc1cc(NC(=O)[C@@H](C)N)ccc1[N+](=O)[O-]. The number of nitrogens with zero attached hydrogens (tertiary/aromatic N) is 1. The van der Waals surface area contributed by atoms with Gasteiger partial charge in [0.1, 0.15) is 0 Å². The Balaban J connectivity index is 2.90. The van der Waals surface area contributed by atoms with Crippen LogP contribution in [0.4, 0.5) is 11.4 Å². The zero-order valence-electron chi connectivity index (χ0n) is 9.06. The first kappa shape index (κ1) is 12.1. The number of carbonyl (C=O) groups excluding carboxylic acids is 1. The molecule has 6 nitrogen and oxygen atoms in total. The number of nitro benzene ring substituents is 1.